The Hall–Kier alpha value is -3.81. The van der Waals surface area contributed by atoms with Crippen LogP contribution in [0.25, 0.3) is 11.3 Å². The molecule has 1 aliphatic heterocycles. The van der Waals surface area contributed by atoms with E-state index in [9.17, 15) is 4.79 Å². The van der Waals surface area contributed by atoms with E-state index in [1.165, 1.54) is 0 Å². The van der Waals surface area contributed by atoms with Gasteiger partial charge in [0, 0.05) is 31.7 Å². The standard InChI is InChI=1S/C24H26N4O4/c1-30-18-7-4-6-17(16-18)20-10-11-22(26-25-20)27-12-14-28(15-13-27)24(29)19-8-5-9-21(31-2)23(19)32-3/h4-11,16H,12-15H2,1-3H3. The fourth-order valence-corrected chi connectivity index (χ4v) is 3.79. The van der Waals surface area contributed by atoms with E-state index in [0.717, 1.165) is 22.8 Å². The number of para-hydroxylation sites is 1. The molecule has 0 atom stereocenters. The van der Waals surface area contributed by atoms with Crippen molar-refractivity contribution in [1.82, 2.24) is 15.1 Å². The largest absolute Gasteiger partial charge is 0.497 e. The van der Waals surface area contributed by atoms with Crippen LogP contribution in [0.4, 0.5) is 5.82 Å². The van der Waals surface area contributed by atoms with E-state index in [-0.39, 0.29) is 5.91 Å². The highest BCUT2D eigenvalue weighted by Gasteiger charge is 2.26. The Morgan fingerprint density at radius 1 is 0.844 bits per heavy atom. The van der Waals surface area contributed by atoms with Gasteiger partial charge < -0.3 is 24.0 Å². The summed E-state index contributed by atoms with van der Waals surface area (Å²) < 4.78 is 16.0. The summed E-state index contributed by atoms with van der Waals surface area (Å²) in [6, 6.07) is 17.0. The number of methoxy groups -OCH3 is 3. The van der Waals surface area contributed by atoms with E-state index in [1.807, 2.05) is 41.3 Å². The van der Waals surface area contributed by atoms with Gasteiger partial charge in [0.2, 0.25) is 0 Å². The van der Waals surface area contributed by atoms with Crippen LogP contribution < -0.4 is 19.1 Å². The first-order valence-corrected chi connectivity index (χ1v) is 10.4. The number of ether oxygens (including phenoxy) is 3. The number of benzene rings is 2. The first-order chi connectivity index (χ1) is 15.6. The van der Waals surface area contributed by atoms with Gasteiger partial charge in [-0.25, -0.2) is 0 Å². The predicted octanol–water partition coefficient (Wildman–Crippen LogP) is 3.13. The Bertz CT molecular complexity index is 1080. The van der Waals surface area contributed by atoms with Crippen LogP contribution in [0.15, 0.2) is 54.6 Å². The third-order valence-electron chi connectivity index (χ3n) is 5.54. The first kappa shape index (κ1) is 21.4. The van der Waals surface area contributed by atoms with Gasteiger partial charge in [-0.3, -0.25) is 4.79 Å². The zero-order chi connectivity index (χ0) is 22.5. The molecule has 8 heteroatoms. The number of piperazine rings is 1. The SMILES string of the molecule is COc1cccc(-c2ccc(N3CCN(C(=O)c4cccc(OC)c4OC)CC3)nn2)c1. The molecule has 3 aromatic rings. The molecule has 8 nitrogen and oxygen atoms in total. The Kier molecular flexibility index (Phi) is 6.39. The van der Waals surface area contributed by atoms with Crippen LogP contribution in [0.5, 0.6) is 17.2 Å². The minimum absolute atomic E-state index is 0.0696. The molecule has 0 bridgehead atoms. The van der Waals surface area contributed by atoms with E-state index < -0.39 is 0 Å². The maximum Gasteiger partial charge on any atom is 0.257 e. The lowest BCUT2D eigenvalue weighted by Crippen LogP contribution is -2.49. The molecule has 0 unspecified atom stereocenters. The maximum atomic E-state index is 13.1. The molecule has 0 aliphatic carbocycles. The molecule has 1 aliphatic rings. The van der Waals surface area contributed by atoms with Crippen LogP contribution in [-0.2, 0) is 0 Å². The van der Waals surface area contributed by atoms with Crippen LogP contribution in [0.1, 0.15) is 10.4 Å². The normalized spacial score (nSPS) is 13.6. The molecule has 4 rings (SSSR count). The first-order valence-electron chi connectivity index (χ1n) is 10.4. The molecule has 0 radical (unpaired) electrons. The zero-order valence-electron chi connectivity index (χ0n) is 18.4. The number of carbonyl (C=O) groups is 1. The van der Waals surface area contributed by atoms with E-state index >= 15 is 0 Å². The number of anilines is 1. The number of carbonyl (C=O) groups excluding carboxylic acids is 1. The van der Waals surface area contributed by atoms with Crippen molar-refractivity contribution in [2.75, 3.05) is 52.4 Å². The van der Waals surface area contributed by atoms with Crippen LogP contribution in [-0.4, -0.2) is 68.5 Å². The van der Waals surface area contributed by atoms with E-state index in [1.54, 1.807) is 39.5 Å². The highest BCUT2D eigenvalue weighted by atomic mass is 16.5. The molecule has 32 heavy (non-hydrogen) atoms. The second kappa shape index (κ2) is 9.55. The van der Waals surface area contributed by atoms with Gasteiger partial charge in [0.05, 0.1) is 32.6 Å². The summed E-state index contributed by atoms with van der Waals surface area (Å²) in [5.74, 6) is 2.51. The summed E-state index contributed by atoms with van der Waals surface area (Å²) in [5.41, 5.74) is 2.24. The Balaban J connectivity index is 1.42. The van der Waals surface area contributed by atoms with Gasteiger partial charge >= 0.3 is 0 Å². The summed E-state index contributed by atoms with van der Waals surface area (Å²) in [7, 11) is 4.74. The van der Waals surface area contributed by atoms with E-state index in [0.29, 0.717) is 43.2 Å². The van der Waals surface area contributed by atoms with Crippen molar-refractivity contribution < 1.29 is 19.0 Å². The average molecular weight is 434 g/mol. The molecule has 2 aromatic carbocycles. The third kappa shape index (κ3) is 4.30. The van der Waals surface area contributed by atoms with Gasteiger partial charge in [0.25, 0.3) is 5.91 Å². The van der Waals surface area contributed by atoms with Crippen LogP contribution in [0.2, 0.25) is 0 Å². The van der Waals surface area contributed by atoms with Crippen LogP contribution >= 0.6 is 0 Å². The quantitative estimate of drug-likeness (QED) is 0.590. The smallest absolute Gasteiger partial charge is 0.257 e. The van der Waals surface area contributed by atoms with Gasteiger partial charge in [-0.1, -0.05) is 18.2 Å². The summed E-state index contributed by atoms with van der Waals surface area (Å²) in [6.07, 6.45) is 0. The molecule has 0 saturated carbocycles. The molecular formula is C24H26N4O4. The molecule has 1 amide bonds. The molecule has 2 heterocycles. The fourth-order valence-electron chi connectivity index (χ4n) is 3.79. The second-order valence-electron chi connectivity index (χ2n) is 7.33. The number of nitrogens with zero attached hydrogens (tertiary/aromatic N) is 4. The van der Waals surface area contributed by atoms with Gasteiger partial charge in [-0.15, -0.1) is 10.2 Å². The topological polar surface area (TPSA) is 77.0 Å². The number of aromatic nitrogens is 2. The molecule has 166 valence electrons. The van der Waals surface area contributed by atoms with Crippen molar-refractivity contribution >= 4 is 11.7 Å². The minimum atomic E-state index is -0.0696. The number of hydrogen-bond donors (Lipinski definition) is 0. The summed E-state index contributed by atoms with van der Waals surface area (Å²) in [4.78, 5) is 17.0. The number of amides is 1. The van der Waals surface area contributed by atoms with Crippen molar-refractivity contribution in [3.8, 4) is 28.5 Å². The van der Waals surface area contributed by atoms with Crippen molar-refractivity contribution in [2.24, 2.45) is 0 Å². The second-order valence-corrected chi connectivity index (χ2v) is 7.33. The van der Waals surface area contributed by atoms with Crippen LogP contribution in [0.3, 0.4) is 0 Å². The Morgan fingerprint density at radius 3 is 2.28 bits per heavy atom. The zero-order valence-corrected chi connectivity index (χ0v) is 18.4. The Morgan fingerprint density at radius 2 is 1.62 bits per heavy atom. The fraction of sp³-hybridized carbons (Fsp3) is 0.292. The van der Waals surface area contributed by atoms with Crippen LogP contribution in [0, 0.1) is 0 Å². The summed E-state index contributed by atoms with van der Waals surface area (Å²) in [5, 5.41) is 8.79. The predicted molar refractivity (Wildman–Crippen MR) is 122 cm³/mol. The molecule has 0 spiro atoms. The van der Waals surface area contributed by atoms with E-state index in [2.05, 4.69) is 15.1 Å². The molecular weight excluding hydrogens is 408 g/mol. The third-order valence-corrected chi connectivity index (χ3v) is 5.54. The summed E-state index contributed by atoms with van der Waals surface area (Å²) in [6.45, 7) is 2.51. The Labute approximate surface area is 187 Å². The van der Waals surface area contributed by atoms with Crippen molar-refractivity contribution in [2.45, 2.75) is 0 Å². The number of rotatable bonds is 6. The summed E-state index contributed by atoms with van der Waals surface area (Å²) >= 11 is 0. The van der Waals surface area contributed by atoms with Crippen molar-refractivity contribution in [3.05, 3.63) is 60.2 Å². The number of hydrogen-bond acceptors (Lipinski definition) is 7. The van der Waals surface area contributed by atoms with Crippen molar-refractivity contribution in [3.63, 3.8) is 0 Å². The van der Waals surface area contributed by atoms with E-state index in [4.69, 9.17) is 14.2 Å². The molecule has 1 fully saturated rings. The van der Waals surface area contributed by atoms with Gasteiger partial charge in [-0.05, 0) is 36.4 Å². The molecule has 1 saturated heterocycles. The van der Waals surface area contributed by atoms with Crippen molar-refractivity contribution in [1.29, 1.82) is 0 Å². The average Bonchev–Trinajstić information content (AvgIpc) is 2.88. The monoisotopic (exact) mass is 434 g/mol. The van der Waals surface area contributed by atoms with Gasteiger partial charge in [0.15, 0.2) is 17.3 Å². The molecule has 1 aromatic heterocycles. The lowest BCUT2D eigenvalue weighted by atomic mass is 10.1. The van der Waals surface area contributed by atoms with Gasteiger partial charge in [0.1, 0.15) is 5.75 Å². The lowest BCUT2D eigenvalue weighted by Gasteiger charge is -2.35. The molecule has 0 N–H and O–H groups in total. The highest BCUT2D eigenvalue weighted by Crippen LogP contribution is 2.32. The maximum absolute atomic E-state index is 13.1. The lowest BCUT2D eigenvalue weighted by molar-refractivity contribution is 0.0742. The highest BCUT2D eigenvalue weighted by molar-refractivity contribution is 5.98. The minimum Gasteiger partial charge on any atom is -0.497 e. The van der Waals surface area contributed by atoms with Gasteiger partial charge in [-0.2, -0.15) is 0 Å².